The van der Waals surface area contributed by atoms with Crippen molar-refractivity contribution in [2.75, 3.05) is 10.2 Å². The maximum Gasteiger partial charge on any atom is 0.262 e. The minimum atomic E-state index is -0.269. The molecule has 148 valence electrons. The molecule has 1 atom stereocenters. The van der Waals surface area contributed by atoms with Gasteiger partial charge in [-0.25, -0.2) is 0 Å². The number of rotatable bonds is 3. The van der Waals surface area contributed by atoms with Gasteiger partial charge in [-0.2, -0.15) is 0 Å². The van der Waals surface area contributed by atoms with Gasteiger partial charge in [0.15, 0.2) is 0 Å². The van der Waals surface area contributed by atoms with Gasteiger partial charge in [-0.15, -0.1) is 0 Å². The smallest absolute Gasteiger partial charge is 0.262 e. The van der Waals surface area contributed by atoms with Crippen LogP contribution in [-0.4, -0.2) is 5.91 Å². The van der Waals surface area contributed by atoms with Crippen LogP contribution in [0.3, 0.4) is 0 Å². The molecule has 1 aliphatic heterocycles. The highest BCUT2D eigenvalue weighted by Gasteiger charge is 2.34. The van der Waals surface area contributed by atoms with E-state index in [1.165, 1.54) is 5.56 Å². The van der Waals surface area contributed by atoms with Gasteiger partial charge >= 0.3 is 0 Å². The molecule has 0 saturated carbocycles. The fraction of sp³-hybridized carbons (Fsp3) is 0.148. The second-order valence-electron chi connectivity index (χ2n) is 8.12. The van der Waals surface area contributed by atoms with Crippen LogP contribution in [0.2, 0.25) is 0 Å². The maximum atomic E-state index is 13.6. The Labute approximate surface area is 177 Å². The number of benzene rings is 4. The van der Waals surface area contributed by atoms with E-state index >= 15 is 0 Å². The average Bonchev–Trinajstić information content (AvgIpc) is 2.79. The molecule has 1 aliphatic rings. The number of carbonyl (C=O) groups excluding carboxylic acids is 1. The van der Waals surface area contributed by atoms with Gasteiger partial charge in [0.1, 0.15) is 6.17 Å². The molecule has 0 aliphatic carbocycles. The first kappa shape index (κ1) is 18.4. The Bertz CT molecular complexity index is 1230. The molecule has 0 saturated heterocycles. The van der Waals surface area contributed by atoms with E-state index in [0.29, 0.717) is 11.5 Å². The van der Waals surface area contributed by atoms with Crippen LogP contribution in [-0.2, 0) is 0 Å². The van der Waals surface area contributed by atoms with Crippen LogP contribution in [0, 0.1) is 0 Å². The molecule has 30 heavy (non-hydrogen) atoms. The van der Waals surface area contributed by atoms with E-state index in [-0.39, 0.29) is 12.1 Å². The van der Waals surface area contributed by atoms with Crippen molar-refractivity contribution in [2.45, 2.75) is 25.9 Å². The topological polar surface area (TPSA) is 32.3 Å². The molecule has 0 unspecified atom stereocenters. The zero-order chi connectivity index (χ0) is 20.7. The van der Waals surface area contributed by atoms with Crippen molar-refractivity contribution in [2.24, 2.45) is 0 Å². The summed E-state index contributed by atoms with van der Waals surface area (Å²) in [5, 5.41) is 5.88. The van der Waals surface area contributed by atoms with Gasteiger partial charge in [0.05, 0.1) is 5.56 Å². The van der Waals surface area contributed by atoms with Crippen molar-refractivity contribution < 1.29 is 4.79 Å². The quantitative estimate of drug-likeness (QED) is 0.419. The summed E-state index contributed by atoms with van der Waals surface area (Å²) in [6, 6.07) is 30.7. The second kappa shape index (κ2) is 7.34. The molecule has 3 heteroatoms. The minimum absolute atomic E-state index is 0.0116. The van der Waals surface area contributed by atoms with E-state index in [0.717, 1.165) is 27.7 Å². The lowest BCUT2D eigenvalue weighted by atomic mass is 9.98. The molecule has 0 fully saturated rings. The lowest BCUT2D eigenvalue weighted by Crippen LogP contribution is -2.43. The number of carbonyl (C=O) groups is 1. The van der Waals surface area contributed by atoms with Crippen molar-refractivity contribution in [3.05, 3.63) is 108 Å². The van der Waals surface area contributed by atoms with Gasteiger partial charge in [0.2, 0.25) is 0 Å². The van der Waals surface area contributed by atoms with Gasteiger partial charge in [0, 0.05) is 11.4 Å². The highest BCUT2D eigenvalue weighted by atomic mass is 16.2. The van der Waals surface area contributed by atoms with Crippen LogP contribution >= 0.6 is 0 Å². The van der Waals surface area contributed by atoms with Crippen molar-refractivity contribution in [3.8, 4) is 0 Å². The summed E-state index contributed by atoms with van der Waals surface area (Å²) in [5.74, 6) is 0.481. The van der Waals surface area contributed by atoms with Crippen molar-refractivity contribution in [1.29, 1.82) is 0 Å². The minimum Gasteiger partial charge on any atom is -0.360 e. The molecule has 0 bridgehead atoms. The number of nitrogens with zero attached hydrogens (tertiary/aromatic N) is 1. The fourth-order valence-electron chi connectivity index (χ4n) is 4.14. The summed E-state index contributed by atoms with van der Waals surface area (Å²) in [7, 11) is 0. The van der Waals surface area contributed by atoms with Crippen LogP contribution in [0.15, 0.2) is 91.0 Å². The maximum absolute atomic E-state index is 13.6. The predicted octanol–water partition coefficient (Wildman–Crippen LogP) is 6.73. The second-order valence-corrected chi connectivity index (χ2v) is 8.12. The Hall–Kier alpha value is -3.59. The van der Waals surface area contributed by atoms with Crippen molar-refractivity contribution in [1.82, 2.24) is 0 Å². The van der Waals surface area contributed by atoms with E-state index < -0.39 is 0 Å². The molecule has 1 N–H and O–H groups in total. The lowest BCUT2D eigenvalue weighted by molar-refractivity contribution is 0.0975. The SMILES string of the molecule is CC(C)c1ccc([C@@H]2Nc3ccccc3C(=O)N2c2ccc3ccccc3c2)cc1. The van der Waals surface area contributed by atoms with Crippen LogP contribution in [0.1, 0.15) is 47.4 Å². The number of anilines is 2. The molecule has 0 aromatic heterocycles. The summed E-state index contributed by atoms with van der Waals surface area (Å²) in [6.45, 7) is 4.38. The normalized spacial score (nSPS) is 15.9. The van der Waals surface area contributed by atoms with E-state index in [9.17, 15) is 4.79 Å². The number of hydrogen-bond acceptors (Lipinski definition) is 2. The third-order valence-corrected chi connectivity index (χ3v) is 5.86. The zero-order valence-corrected chi connectivity index (χ0v) is 17.2. The average molecular weight is 393 g/mol. The molecule has 5 rings (SSSR count). The van der Waals surface area contributed by atoms with Crippen LogP contribution in [0.5, 0.6) is 0 Å². The lowest BCUT2D eigenvalue weighted by Gasteiger charge is -2.38. The standard InChI is InChI=1S/C27H24N2O/c1-18(2)19-11-13-21(14-12-19)26-28-25-10-6-5-9-24(25)27(30)29(26)23-16-15-20-7-3-4-8-22(20)17-23/h3-18,26,28H,1-2H3/t26-/m1/s1. The van der Waals surface area contributed by atoms with Crippen molar-refractivity contribution >= 4 is 28.1 Å². The highest BCUT2D eigenvalue weighted by Crippen LogP contribution is 2.37. The zero-order valence-electron chi connectivity index (χ0n) is 17.2. The summed E-state index contributed by atoms with van der Waals surface area (Å²) in [5.41, 5.74) is 4.81. The first-order valence-electron chi connectivity index (χ1n) is 10.4. The summed E-state index contributed by atoms with van der Waals surface area (Å²) < 4.78 is 0. The Morgan fingerprint density at radius 2 is 1.50 bits per heavy atom. The van der Waals surface area contributed by atoms with Gasteiger partial charge in [-0.05, 0) is 52.1 Å². The Balaban J connectivity index is 1.64. The molecule has 0 radical (unpaired) electrons. The van der Waals surface area contributed by atoms with E-state index in [1.54, 1.807) is 0 Å². The fourth-order valence-corrected chi connectivity index (χ4v) is 4.14. The first-order valence-corrected chi connectivity index (χ1v) is 10.4. The Morgan fingerprint density at radius 1 is 0.800 bits per heavy atom. The largest absolute Gasteiger partial charge is 0.360 e. The number of nitrogens with one attached hydrogen (secondary N) is 1. The van der Waals surface area contributed by atoms with Gasteiger partial charge in [0.25, 0.3) is 5.91 Å². The van der Waals surface area contributed by atoms with Crippen LogP contribution in [0.25, 0.3) is 10.8 Å². The Kier molecular flexibility index (Phi) is 4.51. The molecular formula is C27H24N2O. The van der Waals surface area contributed by atoms with Gasteiger partial charge in [-0.1, -0.05) is 80.6 Å². The molecule has 0 spiro atoms. The number of para-hydroxylation sites is 1. The van der Waals surface area contributed by atoms with Crippen molar-refractivity contribution in [3.63, 3.8) is 0 Å². The molecule has 4 aromatic carbocycles. The van der Waals surface area contributed by atoms with E-state index in [4.69, 9.17) is 0 Å². The summed E-state index contributed by atoms with van der Waals surface area (Å²) >= 11 is 0. The highest BCUT2D eigenvalue weighted by molar-refractivity contribution is 6.12. The monoisotopic (exact) mass is 392 g/mol. The third kappa shape index (κ3) is 3.13. The van der Waals surface area contributed by atoms with Gasteiger partial charge in [-0.3, -0.25) is 9.69 Å². The molecule has 1 amide bonds. The first-order chi connectivity index (χ1) is 14.6. The molecule has 3 nitrogen and oxygen atoms in total. The van der Waals surface area contributed by atoms with Gasteiger partial charge < -0.3 is 5.32 Å². The number of amides is 1. The van der Waals surface area contributed by atoms with E-state index in [2.05, 4.69) is 67.7 Å². The molecule has 1 heterocycles. The molecular weight excluding hydrogens is 368 g/mol. The number of hydrogen-bond donors (Lipinski definition) is 1. The third-order valence-electron chi connectivity index (χ3n) is 5.86. The molecule has 4 aromatic rings. The van der Waals surface area contributed by atoms with E-state index in [1.807, 2.05) is 47.4 Å². The number of fused-ring (bicyclic) bond motifs is 2. The summed E-state index contributed by atoms with van der Waals surface area (Å²) in [4.78, 5) is 15.5. The summed E-state index contributed by atoms with van der Waals surface area (Å²) in [6.07, 6.45) is -0.269. The predicted molar refractivity (Wildman–Crippen MR) is 124 cm³/mol. The van der Waals surface area contributed by atoms with Crippen LogP contribution in [0.4, 0.5) is 11.4 Å². The Morgan fingerprint density at radius 3 is 2.27 bits per heavy atom. The van der Waals surface area contributed by atoms with Crippen LogP contribution < -0.4 is 10.2 Å².